The highest BCUT2D eigenvalue weighted by Crippen LogP contribution is 2.32. The monoisotopic (exact) mass is 435 g/mol. The molecular weight excluding hydrogens is 410 g/mol. The second kappa shape index (κ2) is 9.27. The normalized spacial score (nSPS) is 24.3. The standard InChI is InChI=1S/C16H24FN5O.C2HF3O2/c17-13-8-12(9-13)16(23)21-6-3-7-22-14(18-19-15(22)11-21)10-20-4-1-2-5-20;3-2(4,5)1(6)7/h12-13H,1-11H2;(H,6,7). The predicted octanol–water partition coefficient (Wildman–Crippen LogP) is 1.99. The van der Waals surface area contributed by atoms with Crippen LogP contribution in [-0.4, -0.2) is 73.5 Å². The summed E-state index contributed by atoms with van der Waals surface area (Å²) >= 11 is 0. The average molecular weight is 435 g/mol. The van der Waals surface area contributed by atoms with Crippen molar-refractivity contribution in [1.29, 1.82) is 0 Å². The van der Waals surface area contributed by atoms with Crippen LogP contribution in [0.1, 0.15) is 43.8 Å². The number of hydrogen-bond acceptors (Lipinski definition) is 5. The molecule has 1 aromatic heterocycles. The molecule has 1 N–H and O–H groups in total. The fourth-order valence-corrected chi connectivity index (χ4v) is 3.87. The van der Waals surface area contributed by atoms with Gasteiger partial charge in [-0.15, -0.1) is 10.2 Å². The maximum atomic E-state index is 13.0. The molecule has 1 aromatic rings. The van der Waals surface area contributed by atoms with E-state index in [1.54, 1.807) is 0 Å². The van der Waals surface area contributed by atoms with E-state index in [4.69, 9.17) is 9.90 Å². The number of hydrogen-bond donors (Lipinski definition) is 1. The van der Waals surface area contributed by atoms with Gasteiger partial charge in [-0.3, -0.25) is 9.69 Å². The van der Waals surface area contributed by atoms with Crippen molar-refractivity contribution in [2.24, 2.45) is 5.92 Å². The highest BCUT2D eigenvalue weighted by molar-refractivity contribution is 5.79. The number of halogens is 4. The number of alkyl halides is 4. The topological polar surface area (TPSA) is 91.6 Å². The van der Waals surface area contributed by atoms with Crippen molar-refractivity contribution >= 4 is 11.9 Å². The third kappa shape index (κ3) is 5.46. The molecule has 0 aromatic carbocycles. The zero-order chi connectivity index (χ0) is 21.9. The molecule has 8 nitrogen and oxygen atoms in total. The summed E-state index contributed by atoms with van der Waals surface area (Å²) in [7, 11) is 0. The van der Waals surface area contributed by atoms with Gasteiger partial charge in [-0.1, -0.05) is 0 Å². The molecule has 0 spiro atoms. The lowest BCUT2D eigenvalue weighted by molar-refractivity contribution is -0.192. The van der Waals surface area contributed by atoms with E-state index in [0.717, 1.165) is 50.8 Å². The molecule has 1 amide bonds. The number of nitrogens with zero attached hydrogens (tertiary/aromatic N) is 5. The molecule has 2 fully saturated rings. The van der Waals surface area contributed by atoms with Gasteiger partial charge in [0.1, 0.15) is 12.0 Å². The molecule has 2 aliphatic heterocycles. The van der Waals surface area contributed by atoms with Gasteiger partial charge in [-0.05, 0) is 45.2 Å². The van der Waals surface area contributed by atoms with Crippen LogP contribution < -0.4 is 0 Å². The molecule has 1 saturated carbocycles. The van der Waals surface area contributed by atoms with Gasteiger partial charge in [0.15, 0.2) is 5.82 Å². The van der Waals surface area contributed by atoms with Gasteiger partial charge in [0.2, 0.25) is 5.91 Å². The van der Waals surface area contributed by atoms with E-state index in [2.05, 4.69) is 19.7 Å². The summed E-state index contributed by atoms with van der Waals surface area (Å²) in [6.45, 7) is 5.24. The third-order valence-corrected chi connectivity index (χ3v) is 5.59. The first-order valence-electron chi connectivity index (χ1n) is 10.0. The van der Waals surface area contributed by atoms with Gasteiger partial charge in [-0.2, -0.15) is 13.2 Å². The van der Waals surface area contributed by atoms with Gasteiger partial charge in [0.25, 0.3) is 0 Å². The molecule has 3 heterocycles. The Morgan fingerprint density at radius 3 is 2.23 bits per heavy atom. The van der Waals surface area contributed by atoms with E-state index in [1.807, 2.05) is 4.90 Å². The van der Waals surface area contributed by atoms with Crippen molar-refractivity contribution in [2.75, 3.05) is 19.6 Å². The van der Waals surface area contributed by atoms with Crippen LogP contribution in [0.5, 0.6) is 0 Å². The molecule has 0 unspecified atom stereocenters. The zero-order valence-corrected chi connectivity index (χ0v) is 16.4. The van der Waals surface area contributed by atoms with E-state index >= 15 is 0 Å². The summed E-state index contributed by atoms with van der Waals surface area (Å²) in [5.74, 6) is -0.891. The molecule has 30 heavy (non-hydrogen) atoms. The van der Waals surface area contributed by atoms with Crippen LogP contribution in [-0.2, 0) is 29.2 Å². The largest absolute Gasteiger partial charge is 0.490 e. The highest BCUT2D eigenvalue weighted by Gasteiger charge is 2.38. The Hall–Kier alpha value is -2.24. The number of carbonyl (C=O) groups is 2. The number of carboxylic acid groups (broad SMARTS) is 1. The van der Waals surface area contributed by atoms with Gasteiger partial charge in [-0.25, -0.2) is 9.18 Å². The zero-order valence-electron chi connectivity index (χ0n) is 16.4. The second-order valence-corrected chi connectivity index (χ2v) is 7.85. The van der Waals surface area contributed by atoms with Crippen molar-refractivity contribution in [2.45, 2.75) is 64.1 Å². The van der Waals surface area contributed by atoms with Gasteiger partial charge < -0.3 is 14.6 Å². The first-order valence-corrected chi connectivity index (χ1v) is 10.0. The summed E-state index contributed by atoms with van der Waals surface area (Å²) < 4.78 is 46.9. The summed E-state index contributed by atoms with van der Waals surface area (Å²) in [5.41, 5.74) is 0. The summed E-state index contributed by atoms with van der Waals surface area (Å²) in [6.07, 6.45) is -1.65. The lowest BCUT2D eigenvalue weighted by atomic mass is 9.82. The molecular formula is C18H25F4N5O3. The van der Waals surface area contributed by atoms with Crippen molar-refractivity contribution in [3.63, 3.8) is 0 Å². The molecule has 1 aliphatic carbocycles. The Morgan fingerprint density at radius 1 is 1.03 bits per heavy atom. The maximum Gasteiger partial charge on any atom is 0.490 e. The number of rotatable bonds is 3. The Balaban J connectivity index is 0.000000318. The highest BCUT2D eigenvalue weighted by atomic mass is 19.4. The van der Waals surface area contributed by atoms with Crippen LogP contribution in [0.4, 0.5) is 17.6 Å². The number of amides is 1. The number of aliphatic carboxylic acids is 1. The number of carboxylic acids is 1. The van der Waals surface area contributed by atoms with Gasteiger partial charge >= 0.3 is 12.1 Å². The quantitative estimate of drug-likeness (QED) is 0.731. The second-order valence-electron chi connectivity index (χ2n) is 7.85. The Kier molecular flexibility index (Phi) is 6.94. The van der Waals surface area contributed by atoms with Crippen LogP contribution in [0.25, 0.3) is 0 Å². The van der Waals surface area contributed by atoms with Crippen LogP contribution in [0.2, 0.25) is 0 Å². The first-order chi connectivity index (χ1) is 14.1. The maximum absolute atomic E-state index is 13.0. The molecule has 3 aliphatic rings. The number of aromatic nitrogens is 3. The van der Waals surface area contributed by atoms with Gasteiger partial charge in [0, 0.05) is 19.0 Å². The summed E-state index contributed by atoms with van der Waals surface area (Å²) in [4.78, 5) is 25.6. The minimum absolute atomic E-state index is 0.0939. The van der Waals surface area contributed by atoms with Crippen LogP contribution >= 0.6 is 0 Å². The molecule has 12 heteroatoms. The lowest BCUT2D eigenvalue weighted by Crippen LogP contribution is -2.42. The molecule has 168 valence electrons. The minimum atomic E-state index is -5.08. The molecule has 4 rings (SSSR count). The van der Waals surface area contributed by atoms with E-state index in [9.17, 15) is 22.4 Å². The molecule has 0 atom stereocenters. The van der Waals surface area contributed by atoms with E-state index < -0.39 is 18.3 Å². The van der Waals surface area contributed by atoms with Crippen LogP contribution in [0.3, 0.4) is 0 Å². The van der Waals surface area contributed by atoms with Crippen LogP contribution in [0, 0.1) is 5.92 Å². The minimum Gasteiger partial charge on any atom is -0.475 e. The van der Waals surface area contributed by atoms with E-state index in [-0.39, 0.29) is 11.8 Å². The van der Waals surface area contributed by atoms with Crippen molar-refractivity contribution in [1.82, 2.24) is 24.6 Å². The van der Waals surface area contributed by atoms with Crippen molar-refractivity contribution in [3.8, 4) is 0 Å². The fourth-order valence-electron chi connectivity index (χ4n) is 3.87. The van der Waals surface area contributed by atoms with Crippen molar-refractivity contribution in [3.05, 3.63) is 11.6 Å². The predicted molar refractivity (Wildman–Crippen MR) is 95.9 cm³/mol. The Morgan fingerprint density at radius 2 is 1.67 bits per heavy atom. The molecule has 0 bridgehead atoms. The van der Waals surface area contributed by atoms with E-state index in [1.165, 1.54) is 12.8 Å². The summed E-state index contributed by atoms with van der Waals surface area (Å²) in [5, 5.41) is 15.8. The first kappa shape index (κ1) is 22.4. The number of likely N-dealkylation sites (tertiary alicyclic amines) is 1. The Bertz CT molecular complexity index is 757. The summed E-state index contributed by atoms with van der Waals surface area (Å²) in [6, 6.07) is 0. The smallest absolute Gasteiger partial charge is 0.475 e. The van der Waals surface area contributed by atoms with Gasteiger partial charge in [0.05, 0.1) is 13.1 Å². The lowest BCUT2D eigenvalue weighted by Gasteiger charge is -2.33. The third-order valence-electron chi connectivity index (χ3n) is 5.59. The Labute approximate surface area is 170 Å². The fraction of sp³-hybridized carbons (Fsp3) is 0.778. The van der Waals surface area contributed by atoms with Crippen LogP contribution in [0.15, 0.2) is 0 Å². The molecule has 1 saturated heterocycles. The van der Waals surface area contributed by atoms with Crippen molar-refractivity contribution < 1.29 is 32.3 Å². The number of fused-ring (bicyclic) bond motifs is 1. The van der Waals surface area contributed by atoms with E-state index in [0.29, 0.717) is 19.4 Å². The SMILES string of the molecule is O=C(C1CC(F)C1)N1CCCn2c(CN3CCCC3)nnc2C1.O=C(O)C(F)(F)F. The number of carbonyl (C=O) groups excluding carboxylic acids is 1. The average Bonchev–Trinajstić information content (AvgIpc) is 3.23. The molecule has 0 radical (unpaired) electrons.